The molecule has 0 heterocycles. The standard InChI is InChI=1S/C16H20ClNO3/c1-16(12-20-2,11-15(19)21-3)18-10-4-5-13-6-8-14(17)9-7-13/h6-9,18H,10-12H2,1-3H3. The highest BCUT2D eigenvalue weighted by Gasteiger charge is 2.27. The van der Waals surface area contributed by atoms with Gasteiger partial charge in [-0.3, -0.25) is 10.1 Å². The van der Waals surface area contributed by atoms with Gasteiger partial charge in [-0.1, -0.05) is 23.4 Å². The van der Waals surface area contributed by atoms with Crippen molar-refractivity contribution in [1.82, 2.24) is 5.32 Å². The predicted octanol–water partition coefficient (Wildman–Crippen LogP) is 2.25. The van der Waals surface area contributed by atoms with Gasteiger partial charge < -0.3 is 9.47 Å². The van der Waals surface area contributed by atoms with E-state index in [2.05, 4.69) is 17.2 Å². The number of benzene rings is 1. The number of methoxy groups -OCH3 is 2. The first-order valence-corrected chi connectivity index (χ1v) is 6.92. The van der Waals surface area contributed by atoms with Crippen molar-refractivity contribution in [2.45, 2.75) is 18.9 Å². The molecule has 0 saturated carbocycles. The molecule has 5 heteroatoms. The van der Waals surface area contributed by atoms with Crippen LogP contribution in [-0.2, 0) is 14.3 Å². The summed E-state index contributed by atoms with van der Waals surface area (Å²) in [5.41, 5.74) is 0.388. The Bertz CT molecular complexity index is 519. The summed E-state index contributed by atoms with van der Waals surface area (Å²) in [7, 11) is 2.96. The average molecular weight is 310 g/mol. The Morgan fingerprint density at radius 2 is 2.00 bits per heavy atom. The Hall–Kier alpha value is -1.54. The van der Waals surface area contributed by atoms with E-state index in [0.29, 0.717) is 18.2 Å². The number of hydrogen-bond donors (Lipinski definition) is 1. The van der Waals surface area contributed by atoms with Gasteiger partial charge in [-0.2, -0.15) is 0 Å². The van der Waals surface area contributed by atoms with Crippen molar-refractivity contribution in [2.24, 2.45) is 0 Å². The van der Waals surface area contributed by atoms with Gasteiger partial charge in [0.25, 0.3) is 0 Å². The molecule has 1 N–H and O–H groups in total. The quantitative estimate of drug-likeness (QED) is 0.647. The van der Waals surface area contributed by atoms with Crippen molar-refractivity contribution in [3.8, 4) is 11.8 Å². The molecule has 0 spiro atoms. The first kappa shape index (κ1) is 17.5. The highest BCUT2D eigenvalue weighted by Crippen LogP contribution is 2.11. The molecule has 4 nitrogen and oxygen atoms in total. The molecule has 0 fully saturated rings. The van der Waals surface area contributed by atoms with E-state index in [1.165, 1.54) is 7.11 Å². The molecular weight excluding hydrogens is 290 g/mol. The lowest BCUT2D eigenvalue weighted by molar-refractivity contribution is -0.142. The molecule has 1 rings (SSSR count). The Morgan fingerprint density at radius 1 is 1.33 bits per heavy atom. The van der Waals surface area contributed by atoms with Gasteiger partial charge in [0.1, 0.15) is 0 Å². The molecule has 1 aromatic rings. The fraction of sp³-hybridized carbons (Fsp3) is 0.438. The lowest BCUT2D eigenvalue weighted by Crippen LogP contribution is -2.48. The number of halogens is 1. The van der Waals surface area contributed by atoms with Crippen molar-refractivity contribution in [2.75, 3.05) is 27.4 Å². The number of hydrogen-bond acceptors (Lipinski definition) is 4. The van der Waals surface area contributed by atoms with Crippen LogP contribution in [0.25, 0.3) is 0 Å². The van der Waals surface area contributed by atoms with Crippen molar-refractivity contribution >= 4 is 17.6 Å². The van der Waals surface area contributed by atoms with Crippen molar-refractivity contribution in [3.63, 3.8) is 0 Å². The highest BCUT2D eigenvalue weighted by atomic mass is 35.5. The molecule has 1 unspecified atom stereocenters. The lowest BCUT2D eigenvalue weighted by atomic mass is 9.99. The lowest BCUT2D eigenvalue weighted by Gasteiger charge is -2.28. The number of carbonyl (C=O) groups is 1. The molecule has 0 radical (unpaired) electrons. The predicted molar refractivity (Wildman–Crippen MR) is 83.2 cm³/mol. The molecule has 0 aliphatic carbocycles. The molecule has 1 atom stereocenters. The zero-order chi connectivity index (χ0) is 15.7. The maximum absolute atomic E-state index is 11.4. The summed E-state index contributed by atoms with van der Waals surface area (Å²) in [6.45, 7) is 2.74. The van der Waals surface area contributed by atoms with E-state index in [1.807, 2.05) is 19.1 Å². The second-order valence-corrected chi connectivity index (χ2v) is 5.35. The Morgan fingerprint density at radius 3 is 2.57 bits per heavy atom. The van der Waals surface area contributed by atoms with Crippen LogP contribution in [0.4, 0.5) is 0 Å². The van der Waals surface area contributed by atoms with Crippen LogP contribution < -0.4 is 5.32 Å². The number of rotatable bonds is 6. The minimum absolute atomic E-state index is 0.222. The van der Waals surface area contributed by atoms with E-state index in [-0.39, 0.29) is 12.4 Å². The Balaban J connectivity index is 2.57. The maximum atomic E-state index is 11.4. The topological polar surface area (TPSA) is 47.6 Å². The van der Waals surface area contributed by atoms with Gasteiger partial charge in [0.15, 0.2) is 0 Å². The van der Waals surface area contributed by atoms with Crippen LogP contribution in [0.15, 0.2) is 24.3 Å². The van der Waals surface area contributed by atoms with Crippen LogP contribution >= 0.6 is 11.6 Å². The molecule has 0 bridgehead atoms. The zero-order valence-corrected chi connectivity index (χ0v) is 13.3. The fourth-order valence-corrected chi connectivity index (χ4v) is 1.94. The van der Waals surface area contributed by atoms with Crippen LogP contribution in [0.3, 0.4) is 0 Å². The minimum atomic E-state index is -0.503. The van der Waals surface area contributed by atoms with E-state index >= 15 is 0 Å². The molecule has 1 aromatic carbocycles. The van der Waals surface area contributed by atoms with Gasteiger partial charge in [-0.05, 0) is 31.2 Å². The smallest absolute Gasteiger partial charge is 0.307 e. The summed E-state index contributed by atoms with van der Waals surface area (Å²) >= 11 is 5.81. The first-order valence-electron chi connectivity index (χ1n) is 6.54. The van der Waals surface area contributed by atoms with Gasteiger partial charge in [-0.15, -0.1) is 0 Å². The van der Waals surface area contributed by atoms with Crippen LogP contribution in [0.2, 0.25) is 5.02 Å². The summed E-state index contributed by atoms with van der Waals surface area (Å²) in [5, 5.41) is 3.90. The van der Waals surface area contributed by atoms with E-state index in [0.717, 1.165) is 5.56 Å². The Kier molecular flexibility index (Phi) is 7.24. The number of nitrogens with one attached hydrogen (secondary N) is 1. The minimum Gasteiger partial charge on any atom is -0.469 e. The van der Waals surface area contributed by atoms with Crippen molar-refractivity contribution in [3.05, 3.63) is 34.9 Å². The number of esters is 1. The average Bonchev–Trinajstić information content (AvgIpc) is 2.45. The van der Waals surface area contributed by atoms with E-state index in [9.17, 15) is 4.79 Å². The third-order valence-electron chi connectivity index (χ3n) is 2.91. The normalized spacial score (nSPS) is 13.0. The molecular formula is C16H20ClNO3. The summed E-state index contributed by atoms with van der Waals surface area (Å²) in [5.74, 6) is 5.76. The van der Waals surface area contributed by atoms with Crippen LogP contribution in [0.5, 0.6) is 0 Å². The third-order valence-corrected chi connectivity index (χ3v) is 3.16. The fourth-order valence-electron chi connectivity index (χ4n) is 1.81. The summed E-state index contributed by atoms with van der Waals surface area (Å²) in [6.07, 6.45) is 0.222. The summed E-state index contributed by atoms with van der Waals surface area (Å²) < 4.78 is 9.84. The van der Waals surface area contributed by atoms with E-state index in [4.69, 9.17) is 21.1 Å². The second-order valence-electron chi connectivity index (χ2n) is 4.91. The first-order chi connectivity index (χ1) is 9.99. The molecule has 0 aliphatic heterocycles. The van der Waals surface area contributed by atoms with Crippen molar-refractivity contribution in [1.29, 1.82) is 0 Å². The SMILES string of the molecule is COCC(C)(CC(=O)OC)NCC#Cc1ccc(Cl)cc1. The van der Waals surface area contributed by atoms with Crippen molar-refractivity contribution < 1.29 is 14.3 Å². The largest absolute Gasteiger partial charge is 0.469 e. The maximum Gasteiger partial charge on any atom is 0.307 e. The molecule has 0 aromatic heterocycles. The molecule has 0 saturated heterocycles. The van der Waals surface area contributed by atoms with Crippen LogP contribution in [0, 0.1) is 11.8 Å². The Labute approximate surface area is 130 Å². The van der Waals surface area contributed by atoms with Gasteiger partial charge >= 0.3 is 5.97 Å². The van der Waals surface area contributed by atoms with E-state index in [1.54, 1.807) is 19.2 Å². The molecule has 114 valence electrons. The third kappa shape index (κ3) is 6.63. The summed E-state index contributed by atoms with van der Waals surface area (Å²) in [6, 6.07) is 7.31. The highest BCUT2D eigenvalue weighted by molar-refractivity contribution is 6.30. The monoisotopic (exact) mass is 309 g/mol. The summed E-state index contributed by atoms with van der Waals surface area (Å²) in [4.78, 5) is 11.4. The number of ether oxygens (including phenoxy) is 2. The van der Waals surface area contributed by atoms with Gasteiger partial charge in [-0.25, -0.2) is 0 Å². The van der Waals surface area contributed by atoms with Gasteiger partial charge in [0.05, 0.1) is 32.2 Å². The molecule has 0 aliphatic rings. The molecule has 21 heavy (non-hydrogen) atoms. The molecule has 0 amide bonds. The number of carbonyl (C=O) groups excluding carboxylic acids is 1. The van der Waals surface area contributed by atoms with Crippen LogP contribution in [-0.4, -0.2) is 38.9 Å². The second kappa shape index (κ2) is 8.68. The van der Waals surface area contributed by atoms with Crippen LogP contribution in [0.1, 0.15) is 18.9 Å². The van der Waals surface area contributed by atoms with Gasteiger partial charge in [0, 0.05) is 17.7 Å². The zero-order valence-electron chi connectivity index (χ0n) is 12.5. The van der Waals surface area contributed by atoms with E-state index < -0.39 is 5.54 Å². The van der Waals surface area contributed by atoms with Gasteiger partial charge in [0.2, 0.25) is 0 Å².